The highest BCUT2D eigenvalue weighted by molar-refractivity contribution is 5.89. The second kappa shape index (κ2) is 64.4. The first-order valence-electron chi connectivity index (χ1n) is 44.9. The Labute approximate surface area is 755 Å². The predicted octanol–water partition coefficient (Wildman–Crippen LogP) is 4.16. The summed E-state index contributed by atoms with van der Waals surface area (Å²) < 4.78 is 21.6. The number of alkyl carbamates (subject to hydrolysis) is 4. The standard InChI is InChI=1S/C92H136N20O17/c93-45-20-15-35-75(107-89(122)126-64-68-25-5-1-6-26-68)84(117)102-54-50-97-80(113)41-59-111(60-42-81(114)98-51-55-103-85(118)76(36-16-21-46-94)108-90(123)127-65-69-27-7-2-8-28-69)58-24-19-39-79(88(121)101-49-40-73-63-72-33-13-14-34-74(72)106-73)112(61-43-82(115)99-52-56-104-86(119)77(37-17-22-47-95)109-91(124)128-66-70-29-9-3-10-30-70)62-44-83(116)100-53-57-105-87(120)78(38-18-23-48-96)110-92(125)129-67-71-31-11-4-12-32-71/h1-14,25-34,63,75-79,106H,15-24,35-62,64-67,93-96H2,(H,97,113)(H,98,114)(H,99,115)(H,100,116)(H,101,121)(H,102,117)(H,103,118)(H,104,119)(H,105,120)(H,107,122)(H,108,123)(H,109,124)(H,110,125)/t75-,76-,77-,78-,79+/m0/s1. The molecule has 0 saturated heterocycles. The Morgan fingerprint density at radius 1 is 0.302 bits per heavy atom. The first kappa shape index (κ1) is 105. The maximum atomic E-state index is 15.0. The van der Waals surface area contributed by atoms with Crippen LogP contribution in [0.25, 0.3) is 10.9 Å². The number of unbranched alkanes of at least 4 members (excludes halogenated alkanes) is 5. The van der Waals surface area contributed by atoms with E-state index < -0.39 is 95.9 Å². The third-order valence-electron chi connectivity index (χ3n) is 20.8. The number of hydrogen-bond donors (Lipinski definition) is 18. The van der Waals surface area contributed by atoms with Crippen molar-refractivity contribution in [3.63, 3.8) is 0 Å². The van der Waals surface area contributed by atoms with Gasteiger partial charge in [-0.3, -0.25) is 48.1 Å². The summed E-state index contributed by atoms with van der Waals surface area (Å²) >= 11 is 0. The number of ether oxygens (including phenoxy) is 4. The number of H-pyrrole nitrogens is 1. The summed E-state index contributed by atoms with van der Waals surface area (Å²) in [7, 11) is 0. The van der Waals surface area contributed by atoms with Crippen molar-refractivity contribution in [2.75, 3.05) is 118 Å². The minimum absolute atomic E-state index is 0.00700. The lowest BCUT2D eigenvalue weighted by molar-refractivity contribution is -0.129. The Hall–Kier alpha value is -12.3. The minimum atomic E-state index is -0.971. The average Bonchev–Trinajstić information content (AvgIpc) is 1.66. The Balaban J connectivity index is 1.17. The quantitative estimate of drug-likeness (QED) is 0.0188. The summed E-state index contributed by atoms with van der Waals surface area (Å²) in [6.45, 7) is 2.19. The highest BCUT2D eigenvalue weighted by atomic mass is 16.6. The zero-order valence-electron chi connectivity index (χ0n) is 74.2. The fourth-order valence-corrected chi connectivity index (χ4v) is 13.7. The second-order valence-corrected chi connectivity index (χ2v) is 31.0. The number of fused-ring (bicyclic) bond motifs is 1. The summed E-state index contributed by atoms with van der Waals surface area (Å²) in [4.78, 5) is 184. The van der Waals surface area contributed by atoms with Crippen molar-refractivity contribution in [2.24, 2.45) is 22.9 Å². The molecule has 37 nitrogen and oxygen atoms in total. The number of carbonyl (C=O) groups excluding carboxylic acids is 13. The smallest absolute Gasteiger partial charge is 0.408 e. The third kappa shape index (κ3) is 46.3. The molecule has 0 unspecified atom stereocenters. The zero-order valence-corrected chi connectivity index (χ0v) is 74.2. The number of hydrogen-bond acceptors (Lipinski definition) is 23. The average molecular weight is 1790 g/mol. The molecule has 1 aromatic heterocycles. The number of nitrogens with zero attached hydrogens (tertiary/aromatic N) is 2. The Morgan fingerprint density at radius 3 is 0.907 bits per heavy atom. The van der Waals surface area contributed by atoms with Gasteiger partial charge in [0, 0.05) is 128 Å². The van der Waals surface area contributed by atoms with Gasteiger partial charge < -0.3 is 121 Å². The molecule has 6 rings (SSSR count). The van der Waals surface area contributed by atoms with Crippen molar-refractivity contribution in [1.82, 2.24) is 83.9 Å². The molecule has 1 heterocycles. The topological polar surface area (TPSA) is 542 Å². The fourth-order valence-electron chi connectivity index (χ4n) is 13.7. The van der Waals surface area contributed by atoms with Crippen LogP contribution in [0.1, 0.15) is 150 Å². The molecule has 0 bridgehead atoms. The van der Waals surface area contributed by atoms with Crippen LogP contribution in [-0.2, 0) is 94.9 Å². The molecular weight excluding hydrogens is 1660 g/mol. The SMILES string of the molecule is NCCCC[C@H](NC(=O)OCc1ccccc1)C(=O)NCCNC(=O)CCN(CCCC[C@H](C(=O)NCCc1cc2ccccc2[nH]1)N(CCC(=O)NCCNC(=O)[C@H](CCCCN)NC(=O)OCc1ccccc1)CCC(=O)NCCNC(=O)[C@H](CCCCN)NC(=O)OCc1ccccc1)CCC(=O)NCCNC(=O)[C@H](CCCCN)NC(=O)OCc1ccccc1. The second-order valence-electron chi connectivity index (χ2n) is 31.0. The molecule has 5 aromatic carbocycles. The van der Waals surface area contributed by atoms with Gasteiger partial charge in [0.2, 0.25) is 53.2 Å². The van der Waals surface area contributed by atoms with Crippen LogP contribution >= 0.6 is 0 Å². The zero-order chi connectivity index (χ0) is 92.7. The molecule has 706 valence electrons. The van der Waals surface area contributed by atoms with E-state index in [1.165, 1.54) is 0 Å². The van der Waals surface area contributed by atoms with Crippen LogP contribution in [0.3, 0.4) is 0 Å². The monoisotopic (exact) mass is 1790 g/mol. The van der Waals surface area contributed by atoms with E-state index in [2.05, 4.69) is 74.1 Å². The minimum Gasteiger partial charge on any atom is -0.445 e. The molecule has 22 N–H and O–H groups in total. The Bertz CT molecular complexity index is 4050. The van der Waals surface area contributed by atoms with Crippen molar-refractivity contribution >= 4 is 88.4 Å². The van der Waals surface area contributed by atoms with Crippen LogP contribution in [0.2, 0.25) is 0 Å². The molecule has 0 aliphatic rings. The van der Waals surface area contributed by atoms with E-state index in [0.717, 1.165) is 38.9 Å². The molecule has 0 saturated carbocycles. The summed E-state index contributed by atoms with van der Waals surface area (Å²) in [5.41, 5.74) is 27.8. The summed E-state index contributed by atoms with van der Waals surface area (Å²) in [6.07, 6.45) is 3.45. The molecule has 129 heavy (non-hydrogen) atoms. The van der Waals surface area contributed by atoms with Crippen molar-refractivity contribution in [3.05, 3.63) is 180 Å². The molecule has 6 aromatic rings. The van der Waals surface area contributed by atoms with E-state index in [0.29, 0.717) is 103 Å². The number of aromatic nitrogens is 1. The molecule has 5 atom stereocenters. The molecular formula is C92H136N20O17. The lowest BCUT2D eigenvalue weighted by Gasteiger charge is -2.31. The van der Waals surface area contributed by atoms with Gasteiger partial charge in [-0.2, -0.15) is 0 Å². The molecule has 0 radical (unpaired) electrons. The molecule has 0 fully saturated rings. The van der Waals surface area contributed by atoms with Crippen molar-refractivity contribution in [2.45, 2.75) is 185 Å². The Kier molecular flexibility index (Phi) is 52.7. The molecule has 0 aliphatic carbocycles. The largest absolute Gasteiger partial charge is 0.445 e. The van der Waals surface area contributed by atoms with Crippen molar-refractivity contribution < 1.29 is 81.3 Å². The van der Waals surface area contributed by atoms with Crippen LogP contribution in [0.5, 0.6) is 0 Å². The lowest BCUT2D eigenvalue weighted by atomic mass is 10.0. The molecule has 0 spiro atoms. The number of rotatable bonds is 66. The van der Waals surface area contributed by atoms with Crippen LogP contribution in [0, 0.1) is 0 Å². The van der Waals surface area contributed by atoms with E-state index in [-0.39, 0.29) is 181 Å². The van der Waals surface area contributed by atoms with Gasteiger partial charge in [-0.1, -0.05) is 146 Å². The first-order valence-corrected chi connectivity index (χ1v) is 44.9. The molecule has 37 heteroatoms. The number of carbonyl (C=O) groups is 13. The number of para-hydroxylation sites is 1. The van der Waals surface area contributed by atoms with Gasteiger partial charge in [0.25, 0.3) is 0 Å². The van der Waals surface area contributed by atoms with Gasteiger partial charge in [0.1, 0.15) is 50.6 Å². The maximum absolute atomic E-state index is 15.0. The number of nitrogens with two attached hydrogens (primary N) is 4. The van der Waals surface area contributed by atoms with Crippen molar-refractivity contribution in [1.29, 1.82) is 0 Å². The van der Waals surface area contributed by atoms with Gasteiger partial charge in [-0.05, 0) is 162 Å². The first-order chi connectivity index (χ1) is 62.7. The van der Waals surface area contributed by atoms with E-state index in [1.54, 1.807) is 53.4 Å². The van der Waals surface area contributed by atoms with Crippen LogP contribution in [0.4, 0.5) is 19.2 Å². The van der Waals surface area contributed by atoms with Gasteiger partial charge in [0.15, 0.2) is 0 Å². The lowest BCUT2D eigenvalue weighted by Crippen LogP contribution is -2.50. The normalized spacial score (nSPS) is 12.2. The van der Waals surface area contributed by atoms with Crippen LogP contribution in [0.15, 0.2) is 152 Å². The van der Waals surface area contributed by atoms with Gasteiger partial charge in [-0.15, -0.1) is 0 Å². The van der Waals surface area contributed by atoms with Crippen LogP contribution < -0.4 is 92.1 Å². The third-order valence-corrected chi connectivity index (χ3v) is 20.8. The number of nitrogens with one attached hydrogen (secondary N) is 14. The predicted molar refractivity (Wildman–Crippen MR) is 489 cm³/mol. The molecule has 13 amide bonds. The number of aromatic amines is 1. The van der Waals surface area contributed by atoms with Gasteiger partial charge in [-0.25, -0.2) is 19.2 Å². The molecule has 0 aliphatic heterocycles. The van der Waals surface area contributed by atoms with Gasteiger partial charge >= 0.3 is 24.4 Å². The highest BCUT2D eigenvalue weighted by Crippen LogP contribution is 2.18. The van der Waals surface area contributed by atoms with Crippen LogP contribution in [-0.4, -0.2) is 240 Å². The highest BCUT2D eigenvalue weighted by Gasteiger charge is 2.30. The summed E-state index contributed by atoms with van der Waals surface area (Å²) in [5, 5.41) is 37.2. The van der Waals surface area contributed by atoms with E-state index in [4.69, 9.17) is 41.9 Å². The Morgan fingerprint density at radius 2 is 0.589 bits per heavy atom. The maximum Gasteiger partial charge on any atom is 0.408 e. The van der Waals surface area contributed by atoms with E-state index >= 15 is 4.79 Å². The van der Waals surface area contributed by atoms with E-state index in [1.807, 2.05) is 108 Å². The number of amides is 13. The fraction of sp³-hybridized carbons (Fsp3) is 0.511. The number of benzene rings is 5. The van der Waals surface area contributed by atoms with Crippen molar-refractivity contribution in [3.8, 4) is 0 Å². The van der Waals surface area contributed by atoms with Gasteiger partial charge in [0.05, 0.1) is 6.04 Å². The summed E-state index contributed by atoms with van der Waals surface area (Å²) in [5.74, 6) is -4.02. The summed E-state index contributed by atoms with van der Waals surface area (Å²) in [6, 6.07) is 41.2. The van der Waals surface area contributed by atoms with E-state index in [9.17, 15) is 57.5 Å².